The number of amides is 1. The summed E-state index contributed by atoms with van der Waals surface area (Å²) < 4.78 is 39.4. The number of anilines is 1. The Morgan fingerprint density at radius 1 is 1.03 bits per heavy atom. The van der Waals surface area contributed by atoms with Crippen molar-refractivity contribution in [3.8, 4) is 10.4 Å². The van der Waals surface area contributed by atoms with Crippen LogP contribution in [0.15, 0.2) is 66.7 Å². The van der Waals surface area contributed by atoms with Crippen molar-refractivity contribution in [3.05, 3.63) is 89.0 Å². The zero-order valence-corrected chi connectivity index (χ0v) is 18.3. The number of carbonyl (C=O) groups excluding carboxylic acids is 1. The molecule has 0 fully saturated rings. The van der Waals surface area contributed by atoms with Gasteiger partial charge in [0.2, 0.25) is 0 Å². The molecular formula is C25H21F3N2OS. The molecule has 1 aromatic heterocycles. The van der Waals surface area contributed by atoms with E-state index in [1.807, 2.05) is 49.4 Å². The van der Waals surface area contributed by atoms with Gasteiger partial charge in [0.05, 0.1) is 22.2 Å². The molecule has 7 heteroatoms. The lowest BCUT2D eigenvalue weighted by Gasteiger charge is -2.17. The highest BCUT2D eigenvalue weighted by molar-refractivity contribution is 7.19. The van der Waals surface area contributed by atoms with Crippen LogP contribution in [0.4, 0.5) is 18.2 Å². The fourth-order valence-electron chi connectivity index (χ4n) is 3.90. The van der Waals surface area contributed by atoms with Gasteiger partial charge in [0, 0.05) is 4.88 Å². The summed E-state index contributed by atoms with van der Waals surface area (Å²) in [5, 5.41) is 5.39. The Morgan fingerprint density at radius 3 is 2.47 bits per heavy atom. The highest BCUT2D eigenvalue weighted by Gasteiger charge is 2.31. The topological polar surface area (TPSA) is 55.1 Å². The molecule has 0 saturated carbocycles. The van der Waals surface area contributed by atoms with E-state index in [0.29, 0.717) is 21.6 Å². The zero-order valence-electron chi connectivity index (χ0n) is 17.5. The van der Waals surface area contributed by atoms with Crippen LogP contribution in [0.25, 0.3) is 21.2 Å². The monoisotopic (exact) mass is 454 g/mol. The summed E-state index contributed by atoms with van der Waals surface area (Å²) >= 11 is 1.12. The van der Waals surface area contributed by atoms with E-state index in [2.05, 4.69) is 5.32 Å². The molecule has 3 aromatic carbocycles. The Bertz CT molecular complexity index is 1310. The number of benzene rings is 3. The van der Waals surface area contributed by atoms with Crippen molar-refractivity contribution >= 4 is 33.0 Å². The predicted octanol–water partition coefficient (Wildman–Crippen LogP) is 6.97. The van der Waals surface area contributed by atoms with Crippen LogP contribution in [0, 0.1) is 6.92 Å². The summed E-state index contributed by atoms with van der Waals surface area (Å²) in [6.45, 7) is 3.60. The molecule has 0 spiro atoms. The van der Waals surface area contributed by atoms with Crippen LogP contribution in [0.2, 0.25) is 0 Å². The van der Waals surface area contributed by atoms with Crippen LogP contribution in [-0.4, -0.2) is 5.91 Å². The fourth-order valence-corrected chi connectivity index (χ4v) is 4.97. The number of rotatable bonds is 4. The van der Waals surface area contributed by atoms with Crippen LogP contribution >= 0.6 is 11.3 Å². The van der Waals surface area contributed by atoms with Gasteiger partial charge in [-0.25, -0.2) is 0 Å². The molecule has 0 unspecified atom stereocenters. The number of halogens is 3. The van der Waals surface area contributed by atoms with Crippen molar-refractivity contribution in [2.75, 3.05) is 5.73 Å². The molecule has 4 rings (SSSR count). The van der Waals surface area contributed by atoms with E-state index in [4.69, 9.17) is 5.73 Å². The molecule has 1 heterocycles. The summed E-state index contributed by atoms with van der Waals surface area (Å²) in [5.74, 6) is -0.352. The van der Waals surface area contributed by atoms with Gasteiger partial charge in [-0.3, -0.25) is 4.79 Å². The molecule has 32 heavy (non-hydrogen) atoms. The molecule has 164 valence electrons. The number of alkyl halides is 3. The quantitative estimate of drug-likeness (QED) is 0.350. The number of carbonyl (C=O) groups is 1. The smallest absolute Gasteiger partial charge is 0.390 e. The minimum Gasteiger partial charge on any atom is -0.390 e. The van der Waals surface area contributed by atoms with E-state index >= 15 is 0 Å². The normalized spacial score (nSPS) is 12.7. The van der Waals surface area contributed by atoms with Gasteiger partial charge in [-0.15, -0.1) is 11.3 Å². The summed E-state index contributed by atoms with van der Waals surface area (Å²) in [6.07, 6.45) is -4.44. The molecule has 0 aliphatic carbocycles. The van der Waals surface area contributed by atoms with Crippen LogP contribution in [0.3, 0.4) is 0 Å². The van der Waals surface area contributed by atoms with Crippen LogP contribution in [0.1, 0.15) is 40.0 Å². The summed E-state index contributed by atoms with van der Waals surface area (Å²) in [7, 11) is 0. The number of fused-ring (bicyclic) bond motifs is 1. The lowest BCUT2D eigenvalue weighted by atomic mass is 9.99. The minimum absolute atomic E-state index is 0.275. The van der Waals surface area contributed by atoms with Gasteiger partial charge in [-0.2, -0.15) is 13.2 Å². The first-order valence-corrected chi connectivity index (χ1v) is 10.8. The molecule has 1 amide bonds. The molecular weight excluding hydrogens is 433 g/mol. The largest absolute Gasteiger partial charge is 0.416 e. The highest BCUT2D eigenvalue weighted by Crippen LogP contribution is 2.40. The van der Waals surface area contributed by atoms with Crippen molar-refractivity contribution in [3.63, 3.8) is 0 Å². The number of thiophene rings is 1. The van der Waals surface area contributed by atoms with Crippen molar-refractivity contribution in [1.29, 1.82) is 0 Å². The molecule has 0 radical (unpaired) electrons. The Kier molecular flexibility index (Phi) is 5.69. The minimum atomic E-state index is -4.44. The van der Waals surface area contributed by atoms with Crippen LogP contribution in [0.5, 0.6) is 0 Å². The highest BCUT2D eigenvalue weighted by atomic mass is 32.1. The molecule has 1 atom stereocenters. The second-order valence-electron chi connectivity index (χ2n) is 7.64. The Hall–Kier alpha value is -3.32. The van der Waals surface area contributed by atoms with Gasteiger partial charge in [0.15, 0.2) is 0 Å². The molecule has 3 nitrogen and oxygen atoms in total. The third-order valence-corrected chi connectivity index (χ3v) is 6.66. The maximum absolute atomic E-state index is 13.1. The second-order valence-corrected chi connectivity index (χ2v) is 8.69. The standard InChI is InChI=1S/C25H21F3N2OS/c1-14-21(23(29)32-22(14)17-9-5-10-18(13-17)25(26,27)28)24(31)30-15(2)19-12-6-8-16-7-3-4-11-20(16)19/h3-13,15H,29H2,1-2H3,(H,30,31)/t15-/m1/s1. The molecule has 3 N–H and O–H groups in total. The van der Waals surface area contributed by atoms with Gasteiger partial charge in [0.25, 0.3) is 5.91 Å². The third kappa shape index (κ3) is 4.08. The van der Waals surface area contributed by atoms with Crippen molar-refractivity contribution in [2.45, 2.75) is 26.1 Å². The van der Waals surface area contributed by atoms with E-state index in [-0.39, 0.29) is 17.0 Å². The summed E-state index contributed by atoms with van der Waals surface area (Å²) in [4.78, 5) is 13.7. The number of nitrogens with two attached hydrogens (primary N) is 1. The van der Waals surface area contributed by atoms with E-state index in [1.54, 1.807) is 13.0 Å². The van der Waals surface area contributed by atoms with Gasteiger partial charge in [-0.05, 0) is 53.4 Å². The van der Waals surface area contributed by atoms with E-state index in [0.717, 1.165) is 39.8 Å². The maximum Gasteiger partial charge on any atom is 0.416 e. The Labute approximate surface area is 187 Å². The number of nitrogen functional groups attached to an aromatic ring is 1. The molecule has 0 aliphatic heterocycles. The van der Waals surface area contributed by atoms with Gasteiger partial charge in [0.1, 0.15) is 0 Å². The third-order valence-electron chi connectivity index (χ3n) is 5.49. The first-order valence-electron chi connectivity index (χ1n) is 10.0. The average molecular weight is 455 g/mol. The van der Waals surface area contributed by atoms with Crippen molar-refractivity contribution in [2.24, 2.45) is 0 Å². The van der Waals surface area contributed by atoms with E-state index in [1.165, 1.54) is 6.07 Å². The van der Waals surface area contributed by atoms with Crippen molar-refractivity contribution in [1.82, 2.24) is 5.32 Å². The molecule has 0 saturated heterocycles. The zero-order chi connectivity index (χ0) is 23.0. The molecule has 4 aromatic rings. The van der Waals surface area contributed by atoms with Gasteiger partial charge < -0.3 is 11.1 Å². The van der Waals surface area contributed by atoms with E-state index < -0.39 is 11.7 Å². The Balaban J connectivity index is 1.65. The Morgan fingerprint density at radius 2 is 1.72 bits per heavy atom. The van der Waals surface area contributed by atoms with Crippen LogP contribution in [-0.2, 0) is 6.18 Å². The summed E-state index contributed by atoms with van der Waals surface area (Å²) in [5.41, 5.74) is 7.63. The molecule has 0 bridgehead atoms. The summed E-state index contributed by atoms with van der Waals surface area (Å²) in [6, 6.07) is 18.6. The lowest BCUT2D eigenvalue weighted by Crippen LogP contribution is -2.27. The maximum atomic E-state index is 13.1. The number of hydrogen-bond acceptors (Lipinski definition) is 3. The second kappa shape index (κ2) is 8.31. The number of nitrogens with one attached hydrogen (secondary N) is 1. The SMILES string of the molecule is Cc1c(-c2cccc(C(F)(F)F)c2)sc(N)c1C(=O)N[C@H](C)c1cccc2ccccc12. The molecule has 0 aliphatic rings. The van der Waals surface area contributed by atoms with Gasteiger partial charge >= 0.3 is 6.18 Å². The first-order chi connectivity index (χ1) is 15.2. The van der Waals surface area contributed by atoms with Crippen molar-refractivity contribution < 1.29 is 18.0 Å². The lowest BCUT2D eigenvalue weighted by molar-refractivity contribution is -0.137. The predicted molar refractivity (Wildman–Crippen MR) is 124 cm³/mol. The first kappa shape index (κ1) is 21.9. The average Bonchev–Trinajstić information content (AvgIpc) is 3.06. The fraction of sp³-hybridized carbons (Fsp3) is 0.160. The van der Waals surface area contributed by atoms with Gasteiger partial charge in [-0.1, -0.05) is 54.6 Å². The van der Waals surface area contributed by atoms with Crippen LogP contribution < -0.4 is 11.1 Å². The number of hydrogen-bond donors (Lipinski definition) is 2. The van der Waals surface area contributed by atoms with E-state index in [9.17, 15) is 18.0 Å².